The zero-order valence-corrected chi connectivity index (χ0v) is 11.4. The molecule has 0 bridgehead atoms. The number of nitrogens with two attached hydrogens (primary N) is 1. The van der Waals surface area contributed by atoms with Crippen LogP contribution < -0.4 is 11.1 Å². The summed E-state index contributed by atoms with van der Waals surface area (Å²) in [5.74, 6) is 0.502. The lowest BCUT2D eigenvalue weighted by atomic mass is 10.2. The van der Waals surface area contributed by atoms with Crippen molar-refractivity contribution in [3.63, 3.8) is 0 Å². The van der Waals surface area contributed by atoms with Crippen molar-refractivity contribution in [1.82, 2.24) is 4.98 Å². The zero-order chi connectivity index (χ0) is 13.8. The predicted octanol–water partition coefficient (Wildman–Crippen LogP) is 2.95. The highest BCUT2D eigenvalue weighted by Gasteiger charge is 2.09. The van der Waals surface area contributed by atoms with Crippen molar-refractivity contribution in [2.75, 3.05) is 11.1 Å². The second-order valence-corrected chi connectivity index (χ2v) is 4.79. The van der Waals surface area contributed by atoms with Crippen LogP contribution in [-0.4, -0.2) is 9.91 Å². The SMILES string of the molecule is Nc1cc([N+](=O)[O-])cc(NCc2ccc(Br)cc2)n1. The number of nitrogen functional groups attached to an aromatic ring is 1. The number of rotatable bonds is 4. The van der Waals surface area contributed by atoms with Crippen LogP contribution in [0.25, 0.3) is 0 Å². The fourth-order valence-corrected chi connectivity index (χ4v) is 1.79. The van der Waals surface area contributed by atoms with E-state index in [2.05, 4.69) is 26.2 Å². The molecule has 1 heterocycles. The van der Waals surface area contributed by atoms with E-state index in [0.29, 0.717) is 12.4 Å². The number of nitrogens with one attached hydrogen (secondary N) is 1. The van der Waals surface area contributed by atoms with Crippen molar-refractivity contribution in [2.24, 2.45) is 0 Å². The summed E-state index contributed by atoms with van der Waals surface area (Å²) in [5, 5.41) is 13.7. The van der Waals surface area contributed by atoms with E-state index in [4.69, 9.17) is 5.73 Å². The molecule has 0 radical (unpaired) electrons. The summed E-state index contributed by atoms with van der Waals surface area (Å²) >= 11 is 3.35. The van der Waals surface area contributed by atoms with E-state index < -0.39 is 4.92 Å². The van der Waals surface area contributed by atoms with Crippen LogP contribution in [0.2, 0.25) is 0 Å². The maximum Gasteiger partial charge on any atom is 0.276 e. The first-order chi connectivity index (χ1) is 9.04. The van der Waals surface area contributed by atoms with Crippen LogP contribution in [0, 0.1) is 10.1 Å². The van der Waals surface area contributed by atoms with E-state index in [0.717, 1.165) is 10.0 Å². The zero-order valence-electron chi connectivity index (χ0n) is 9.84. The van der Waals surface area contributed by atoms with Crippen molar-refractivity contribution in [3.05, 3.63) is 56.5 Å². The highest BCUT2D eigenvalue weighted by atomic mass is 79.9. The highest BCUT2D eigenvalue weighted by Crippen LogP contribution is 2.19. The van der Waals surface area contributed by atoms with Gasteiger partial charge in [-0.3, -0.25) is 10.1 Å². The van der Waals surface area contributed by atoms with Crippen LogP contribution in [-0.2, 0) is 6.54 Å². The minimum Gasteiger partial charge on any atom is -0.383 e. The fourth-order valence-electron chi connectivity index (χ4n) is 1.53. The lowest BCUT2D eigenvalue weighted by Gasteiger charge is -2.06. The number of nitro groups is 1. The smallest absolute Gasteiger partial charge is 0.276 e. The molecule has 3 N–H and O–H groups in total. The number of hydrogen-bond acceptors (Lipinski definition) is 5. The van der Waals surface area contributed by atoms with Gasteiger partial charge in [-0.15, -0.1) is 0 Å². The lowest BCUT2D eigenvalue weighted by molar-refractivity contribution is -0.384. The summed E-state index contributed by atoms with van der Waals surface area (Å²) in [5.41, 5.74) is 6.48. The van der Waals surface area contributed by atoms with Crippen molar-refractivity contribution in [2.45, 2.75) is 6.54 Å². The van der Waals surface area contributed by atoms with Gasteiger partial charge in [0.1, 0.15) is 11.6 Å². The number of nitrogens with zero attached hydrogens (tertiary/aromatic N) is 2. The van der Waals surface area contributed by atoms with Gasteiger partial charge >= 0.3 is 0 Å². The van der Waals surface area contributed by atoms with E-state index >= 15 is 0 Å². The Morgan fingerprint density at radius 2 is 2.00 bits per heavy atom. The third-order valence-electron chi connectivity index (χ3n) is 2.43. The molecule has 98 valence electrons. The van der Waals surface area contributed by atoms with E-state index in [1.54, 1.807) is 0 Å². The summed E-state index contributed by atoms with van der Waals surface area (Å²) in [6.45, 7) is 0.515. The Morgan fingerprint density at radius 3 is 2.63 bits per heavy atom. The quantitative estimate of drug-likeness (QED) is 0.666. The molecule has 0 aliphatic carbocycles. The average Bonchev–Trinajstić information content (AvgIpc) is 2.37. The Hall–Kier alpha value is -2.15. The molecule has 0 aliphatic rings. The Bertz CT molecular complexity index is 601. The van der Waals surface area contributed by atoms with Gasteiger partial charge in [0.15, 0.2) is 0 Å². The molecule has 0 fully saturated rings. The van der Waals surface area contributed by atoms with E-state index in [1.165, 1.54) is 12.1 Å². The first-order valence-corrected chi connectivity index (χ1v) is 6.24. The molecular weight excluding hydrogens is 312 g/mol. The molecule has 2 rings (SSSR count). The summed E-state index contributed by atoms with van der Waals surface area (Å²) in [6, 6.07) is 10.3. The molecule has 2 aromatic rings. The number of benzene rings is 1. The van der Waals surface area contributed by atoms with Crippen LogP contribution >= 0.6 is 15.9 Å². The van der Waals surface area contributed by atoms with E-state index in [1.807, 2.05) is 24.3 Å². The van der Waals surface area contributed by atoms with Gasteiger partial charge in [-0.2, -0.15) is 0 Å². The van der Waals surface area contributed by atoms with Gasteiger partial charge in [-0.1, -0.05) is 28.1 Å². The topological polar surface area (TPSA) is 94.1 Å². The molecule has 6 nitrogen and oxygen atoms in total. The Morgan fingerprint density at radius 1 is 1.32 bits per heavy atom. The molecule has 0 aliphatic heterocycles. The van der Waals surface area contributed by atoms with Crippen molar-refractivity contribution in [1.29, 1.82) is 0 Å². The molecule has 7 heteroatoms. The maximum absolute atomic E-state index is 10.7. The van der Waals surface area contributed by atoms with Crippen LogP contribution in [0.4, 0.5) is 17.3 Å². The molecule has 0 amide bonds. The summed E-state index contributed by atoms with van der Waals surface area (Å²) in [6.07, 6.45) is 0. The minimum absolute atomic E-state index is 0.0780. The fraction of sp³-hybridized carbons (Fsp3) is 0.0833. The van der Waals surface area contributed by atoms with Crippen molar-refractivity contribution >= 4 is 33.3 Å². The first kappa shape index (κ1) is 13.3. The minimum atomic E-state index is -0.497. The van der Waals surface area contributed by atoms with Crippen LogP contribution in [0.5, 0.6) is 0 Å². The largest absolute Gasteiger partial charge is 0.383 e. The number of anilines is 2. The highest BCUT2D eigenvalue weighted by molar-refractivity contribution is 9.10. The van der Waals surface area contributed by atoms with E-state index in [9.17, 15) is 10.1 Å². The summed E-state index contributed by atoms with van der Waals surface area (Å²) in [4.78, 5) is 14.2. The molecule has 0 saturated heterocycles. The van der Waals surface area contributed by atoms with E-state index in [-0.39, 0.29) is 11.5 Å². The molecule has 0 atom stereocenters. The standard InChI is InChI=1S/C12H11BrN4O2/c13-9-3-1-8(2-4-9)7-15-12-6-10(17(18)19)5-11(14)16-12/h1-6H,7H2,(H3,14,15,16). The van der Waals surface area contributed by atoms with Gasteiger partial charge in [0.2, 0.25) is 0 Å². The average molecular weight is 323 g/mol. The van der Waals surface area contributed by atoms with Crippen LogP contribution in [0.1, 0.15) is 5.56 Å². The molecule has 0 saturated carbocycles. The Kier molecular flexibility index (Phi) is 3.96. The third-order valence-corrected chi connectivity index (χ3v) is 2.96. The predicted molar refractivity (Wildman–Crippen MR) is 76.8 cm³/mol. The van der Waals surface area contributed by atoms with Gasteiger partial charge < -0.3 is 11.1 Å². The normalized spacial score (nSPS) is 10.2. The van der Waals surface area contributed by atoms with Crippen LogP contribution in [0.15, 0.2) is 40.9 Å². The monoisotopic (exact) mass is 322 g/mol. The van der Waals surface area contributed by atoms with Gasteiger partial charge in [-0.05, 0) is 17.7 Å². The molecule has 19 heavy (non-hydrogen) atoms. The van der Waals surface area contributed by atoms with Gasteiger partial charge in [0.05, 0.1) is 17.1 Å². The Labute approximate surface area is 117 Å². The molecule has 0 spiro atoms. The summed E-state index contributed by atoms with van der Waals surface area (Å²) in [7, 11) is 0. The number of pyridine rings is 1. The van der Waals surface area contributed by atoms with Crippen molar-refractivity contribution < 1.29 is 4.92 Å². The number of aromatic nitrogens is 1. The third kappa shape index (κ3) is 3.65. The van der Waals surface area contributed by atoms with Gasteiger partial charge in [0, 0.05) is 11.0 Å². The summed E-state index contributed by atoms with van der Waals surface area (Å²) < 4.78 is 0.994. The number of halogens is 1. The maximum atomic E-state index is 10.7. The number of hydrogen-bond donors (Lipinski definition) is 2. The second kappa shape index (κ2) is 5.66. The Balaban J connectivity index is 2.11. The van der Waals surface area contributed by atoms with Gasteiger partial charge in [0.25, 0.3) is 5.69 Å². The molecule has 1 aromatic carbocycles. The molecule has 1 aromatic heterocycles. The lowest BCUT2D eigenvalue weighted by Crippen LogP contribution is -2.04. The van der Waals surface area contributed by atoms with Crippen LogP contribution in [0.3, 0.4) is 0 Å². The first-order valence-electron chi connectivity index (χ1n) is 5.45. The molecular formula is C12H11BrN4O2. The second-order valence-electron chi connectivity index (χ2n) is 3.87. The van der Waals surface area contributed by atoms with Gasteiger partial charge in [-0.25, -0.2) is 4.98 Å². The molecule has 0 unspecified atom stereocenters. The van der Waals surface area contributed by atoms with Crippen molar-refractivity contribution in [3.8, 4) is 0 Å².